The highest BCUT2D eigenvalue weighted by molar-refractivity contribution is 6.31. The minimum Gasteiger partial charge on any atom is -0.321 e. The van der Waals surface area contributed by atoms with Crippen molar-refractivity contribution in [3.05, 3.63) is 111 Å². The van der Waals surface area contributed by atoms with Crippen molar-refractivity contribution in [3.8, 4) is 11.1 Å². The summed E-state index contributed by atoms with van der Waals surface area (Å²) < 4.78 is 27.0. The third-order valence-corrected chi connectivity index (χ3v) is 4.90. The number of hydrogen-bond acceptors (Lipinski definition) is 2. The van der Waals surface area contributed by atoms with Crippen LogP contribution in [0.2, 0.25) is 5.02 Å². The Kier molecular flexibility index (Phi) is 5.29. The number of aromatic nitrogens is 1. The molecular weight excluding hydrogens is 408 g/mol. The minimum absolute atomic E-state index is 0.0336. The van der Waals surface area contributed by atoms with E-state index in [2.05, 4.69) is 4.98 Å². The van der Waals surface area contributed by atoms with Crippen LogP contribution in [-0.2, 0) is 0 Å². The number of aromatic amines is 1. The van der Waals surface area contributed by atoms with Crippen molar-refractivity contribution in [1.82, 2.24) is 4.98 Å². The van der Waals surface area contributed by atoms with Gasteiger partial charge in [0.15, 0.2) is 5.78 Å². The number of fused-ring (bicyclic) bond motifs is 1. The van der Waals surface area contributed by atoms with Crippen molar-refractivity contribution in [2.75, 3.05) is 0 Å². The van der Waals surface area contributed by atoms with E-state index in [4.69, 9.17) is 11.6 Å². The molecule has 3 nitrogen and oxygen atoms in total. The van der Waals surface area contributed by atoms with E-state index in [1.165, 1.54) is 12.1 Å². The molecule has 1 aromatic heterocycles. The lowest BCUT2D eigenvalue weighted by atomic mass is 9.94. The summed E-state index contributed by atoms with van der Waals surface area (Å²) in [5.74, 6) is -2.13. The van der Waals surface area contributed by atoms with E-state index in [0.717, 1.165) is 18.2 Å². The van der Waals surface area contributed by atoms with Gasteiger partial charge in [-0.05, 0) is 48.0 Å². The molecule has 1 heterocycles. The number of allylic oxidation sites excluding steroid dienone is 1. The first-order valence-electron chi connectivity index (χ1n) is 9.02. The molecule has 30 heavy (non-hydrogen) atoms. The fourth-order valence-electron chi connectivity index (χ4n) is 3.29. The van der Waals surface area contributed by atoms with Gasteiger partial charge in [-0.1, -0.05) is 41.9 Å². The van der Waals surface area contributed by atoms with Gasteiger partial charge >= 0.3 is 0 Å². The van der Waals surface area contributed by atoms with Crippen LogP contribution >= 0.6 is 11.6 Å². The first kappa shape index (κ1) is 19.7. The molecule has 4 rings (SSSR count). The van der Waals surface area contributed by atoms with Gasteiger partial charge in [0.25, 0.3) is 5.56 Å². The SMILES string of the molecule is O=C(C=Cc1ccc(F)cc1F)c1c(-c2ccccc2)c2cc(Cl)ccc2[nH]c1=O. The molecule has 0 fully saturated rings. The molecule has 0 spiro atoms. The average Bonchev–Trinajstić information content (AvgIpc) is 2.73. The number of H-pyrrole nitrogens is 1. The number of rotatable bonds is 4. The summed E-state index contributed by atoms with van der Waals surface area (Å²) in [5, 5.41) is 1.06. The Balaban J connectivity index is 1.91. The van der Waals surface area contributed by atoms with E-state index in [1.807, 2.05) is 6.07 Å². The number of nitrogens with one attached hydrogen (secondary N) is 1. The van der Waals surface area contributed by atoms with Crippen LogP contribution < -0.4 is 5.56 Å². The van der Waals surface area contributed by atoms with Gasteiger partial charge in [0.05, 0.1) is 5.56 Å². The van der Waals surface area contributed by atoms with Gasteiger partial charge in [-0.25, -0.2) is 8.78 Å². The summed E-state index contributed by atoms with van der Waals surface area (Å²) in [7, 11) is 0. The molecule has 0 saturated carbocycles. The topological polar surface area (TPSA) is 49.9 Å². The van der Waals surface area contributed by atoms with Crippen molar-refractivity contribution in [1.29, 1.82) is 0 Å². The predicted octanol–water partition coefficient (Wildman–Crippen LogP) is 6.02. The largest absolute Gasteiger partial charge is 0.321 e. The fraction of sp³-hybridized carbons (Fsp3) is 0. The van der Waals surface area contributed by atoms with Crippen LogP contribution in [0.3, 0.4) is 0 Å². The number of ketones is 1. The van der Waals surface area contributed by atoms with Crippen molar-refractivity contribution in [3.63, 3.8) is 0 Å². The molecular formula is C24H14ClF2NO2. The summed E-state index contributed by atoms with van der Waals surface area (Å²) in [6.07, 6.45) is 2.32. The van der Waals surface area contributed by atoms with Crippen LogP contribution in [0.5, 0.6) is 0 Å². The van der Waals surface area contributed by atoms with Gasteiger partial charge in [0.2, 0.25) is 0 Å². The predicted molar refractivity (Wildman–Crippen MR) is 115 cm³/mol. The van der Waals surface area contributed by atoms with E-state index in [1.54, 1.807) is 42.5 Å². The number of carbonyl (C=O) groups excluding carboxylic acids is 1. The summed E-state index contributed by atoms with van der Waals surface area (Å²) in [6, 6.07) is 17.0. The van der Waals surface area contributed by atoms with Crippen LogP contribution in [0, 0.1) is 11.6 Å². The standard InChI is InChI=1S/C24H14ClF2NO2/c25-16-8-10-20-18(12-16)22(15-4-2-1-3-5-15)23(24(30)28-20)21(29)11-7-14-6-9-17(26)13-19(14)27/h1-13H,(H,28,30). The van der Waals surface area contributed by atoms with Gasteiger partial charge in [0.1, 0.15) is 11.6 Å². The first-order valence-corrected chi connectivity index (χ1v) is 9.40. The van der Waals surface area contributed by atoms with E-state index in [0.29, 0.717) is 27.1 Å². The number of benzene rings is 3. The fourth-order valence-corrected chi connectivity index (χ4v) is 3.46. The van der Waals surface area contributed by atoms with Crippen molar-refractivity contribution in [2.24, 2.45) is 0 Å². The van der Waals surface area contributed by atoms with Gasteiger partial charge in [-0.3, -0.25) is 9.59 Å². The zero-order valence-electron chi connectivity index (χ0n) is 15.5. The minimum atomic E-state index is -0.804. The third kappa shape index (κ3) is 3.80. The quantitative estimate of drug-likeness (QED) is 0.323. The van der Waals surface area contributed by atoms with E-state index < -0.39 is 23.0 Å². The van der Waals surface area contributed by atoms with Crippen LogP contribution in [0.15, 0.2) is 77.6 Å². The van der Waals surface area contributed by atoms with Crippen molar-refractivity contribution in [2.45, 2.75) is 0 Å². The van der Waals surface area contributed by atoms with Crippen LogP contribution in [-0.4, -0.2) is 10.8 Å². The van der Waals surface area contributed by atoms with Crippen LogP contribution in [0.25, 0.3) is 28.1 Å². The normalized spacial score (nSPS) is 11.3. The Labute approximate surface area is 175 Å². The number of hydrogen-bond donors (Lipinski definition) is 1. The van der Waals surface area contributed by atoms with E-state index >= 15 is 0 Å². The highest BCUT2D eigenvalue weighted by Gasteiger charge is 2.19. The summed E-state index contributed by atoms with van der Waals surface area (Å²) in [4.78, 5) is 28.5. The second-order valence-electron chi connectivity index (χ2n) is 6.62. The maximum absolute atomic E-state index is 13.9. The Hall–Kier alpha value is -3.57. The van der Waals surface area contributed by atoms with Gasteiger partial charge in [-0.2, -0.15) is 0 Å². The molecule has 0 aliphatic heterocycles. The molecule has 0 saturated heterocycles. The molecule has 0 aliphatic rings. The van der Waals surface area contributed by atoms with E-state index in [-0.39, 0.29) is 11.1 Å². The second kappa shape index (κ2) is 8.05. The monoisotopic (exact) mass is 421 g/mol. The summed E-state index contributed by atoms with van der Waals surface area (Å²) in [5.41, 5.74) is 1.01. The Morgan fingerprint density at radius 3 is 2.47 bits per heavy atom. The smallest absolute Gasteiger partial charge is 0.260 e. The summed E-state index contributed by atoms with van der Waals surface area (Å²) in [6.45, 7) is 0. The lowest BCUT2D eigenvalue weighted by molar-refractivity contribution is 0.104. The lowest BCUT2D eigenvalue weighted by Crippen LogP contribution is -2.18. The van der Waals surface area contributed by atoms with Gasteiger partial charge in [0, 0.05) is 33.1 Å². The first-order chi connectivity index (χ1) is 14.4. The molecule has 0 bridgehead atoms. The Bertz CT molecular complexity index is 1360. The number of halogens is 3. The van der Waals surface area contributed by atoms with Crippen LogP contribution in [0.1, 0.15) is 15.9 Å². The highest BCUT2D eigenvalue weighted by atomic mass is 35.5. The molecule has 0 unspecified atom stereocenters. The van der Waals surface area contributed by atoms with Gasteiger partial charge < -0.3 is 4.98 Å². The molecule has 0 atom stereocenters. The second-order valence-corrected chi connectivity index (χ2v) is 7.06. The lowest BCUT2D eigenvalue weighted by Gasteiger charge is -2.11. The molecule has 0 radical (unpaired) electrons. The number of carbonyl (C=O) groups is 1. The molecule has 0 aliphatic carbocycles. The molecule has 148 valence electrons. The zero-order chi connectivity index (χ0) is 21.3. The molecule has 3 aromatic carbocycles. The third-order valence-electron chi connectivity index (χ3n) is 4.66. The molecule has 0 amide bonds. The van der Waals surface area contributed by atoms with E-state index in [9.17, 15) is 18.4 Å². The molecule has 1 N–H and O–H groups in total. The van der Waals surface area contributed by atoms with Crippen molar-refractivity contribution >= 4 is 34.4 Å². The maximum atomic E-state index is 13.9. The van der Waals surface area contributed by atoms with Gasteiger partial charge in [-0.15, -0.1) is 0 Å². The average molecular weight is 422 g/mol. The summed E-state index contributed by atoms with van der Waals surface area (Å²) >= 11 is 6.16. The molecule has 6 heteroatoms. The highest BCUT2D eigenvalue weighted by Crippen LogP contribution is 2.31. The number of pyridine rings is 1. The van der Waals surface area contributed by atoms with Crippen LogP contribution in [0.4, 0.5) is 8.78 Å². The Morgan fingerprint density at radius 1 is 0.967 bits per heavy atom. The van der Waals surface area contributed by atoms with Crippen molar-refractivity contribution < 1.29 is 13.6 Å². The Morgan fingerprint density at radius 2 is 1.73 bits per heavy atom. The maximum Gasteiger partial charge on any atom is 0.260 e. The molecule has 4 aromatic rings. The zero-order valence-corrected chi connectivity index (χ0v) is 16.2.